The van der Waals surface area contributed by atoms with Crippen LogP contribution in [0.4, 0.5) is 23.7 Å². The van der Waals surface area contributed by atoms with Gasteiger partial charge in [0, 0.05) is 17.8 Å². The highest BCUT2D eigenvalue weighted by Gasteiger charge is 2.36. The molecule has 1 aliphatic heterocycles. The Hall–Kier alpha value is -4.79. The predicted octanol–water partition coefficient (Wildman–Crippen LogP) is 6.78. The van der Waals surface area contributed by atoms with E-state index >= 15 is 0 Å². The minimum Gasteiger partial charge on any atom is -0.307 e. The summed E-state index contributed by atoms with van der Waals surface area (Å²) in [6.45, 7) is 2.14. The number of carbonyl (C=O) groups excluding carboxylic acids is 1. The van der Waals surface area contributed by atoms with E-state index in [-0.39, 0.29) is 12.2 Å². The second kappa shape index (κ2) is 9.83. The highest BCUT2D eigenvalue weighted by molar-refractivity contribution is 5.90. The predicted molar refractivity (Wildman–Crippen MR) is 141 cm³/mol. The van der Waals surface area contributed by atoms with Crippen molar-refractivity contribution in [3.05, 3.63) is 131 Å². The van der Waals surface area contributed by atoms with Crippen LogP contribution in [0, 0.1) is 17.5 Å². The molecule has 39 heavy (non-hydrogen) atoms. The lowest BCUT2D eigenvalue weighted by atomic mass is 10.0. The average Bonchev–Trinajstić information content (AvgIpc) is 3.52. The third-order valence-electron chi connectivity index (χ3n) is 6.92. The molecule has 1 N–H and O–H groups in total. The number of aromatic nitrogens is 3. The summed E-state index contributed by atoms with van der Waals surface area (Å²) in [4.78, 5) is 15.4. The van der Waals surface area contributed by atoms with Crippen LogP contribution in [0.1, 0.15) is 35.5 Å². The number of rotatable bonds is 4. The Morgan fingerprint density at radius 2 is 1.69 bits per heavy atom. The van der Waals surface area contributed by atoms with Crippen LogP contribution in [0.25, 0.3) is 11.5 Å². The van der Waals surface area contributed by atoms with Crippen molar-refractivity contribution in [2.24, 2.45) is 0 Å². The smallest absolute Gasteiger partial charge is 0.307 e. The fraction of sp³-hybridized carbons (Fsp3) is 0.133. The van der Waals surface area contributed by atoms with Gasteiger partial charge in [0.2, 0.25) is 0 Å². The maximum Gasteiger partial charge on any atom is 0.323 e. The van der Waals surface area contributed by atoms with E-state index < -0.39 is 29.5 Å². The normalized spacial score (nSPS) is 14.5. The number of aryl methyl sites for hydroxylation is 1. The zero-order chi connectivity index (χ0) is 27.1. The molecule has 1 unspecified atom stereocenters. The molecular formula is C30H24F3N5O. The zero-order valence-electron chi connectivity index (χ0n) is 21.0. The first-order valence-electron chi connectivity index (χ1n) is 12.6. The molecule has 0 radical (unpaired) electrons. The van der Waals surface area contributed by atoms with Crippen molar-refractivity contribution in [2.45, 2.75) is 25.9 Å². The lowest BCUT2D eigenvalue weighted by Crippen LogP contribution is -2.38. The minimum atomic E-state index is -0.883. The number of carbonyl (C=O) groups is 1. The van der Waals surface area contributed by atoms with Crippen molar-refractivity contribution in [3.63, 3.8) is 0 Å². The summed E-state index contributed by atoms with van der Waals surface area (Å²) >= 11 is 0. The molecule has 0 saturated heterocycles. The monoisotopic (exact) mass is 527 g/mol. The summed E-state index contributed by atoms with van der Waals surface area (Å²) in [5.41, 5.74) is 3.77. The van der Waals surface area contributed by atoms with E-state index in [9.17, 15) is 18.0 Å². The highest BCUT2D eigenvalue weighted by Crippen LogP contribution is 2.39. The van der Waals surface area contributed by atoms with Gasteiger partial charge in [0.05, 0.1) is 35.3 Å². The molecule has 196 valence electrons. The maximum atomic E-state index is 14.5. The molecular weight excluding hydrogens is 503 g/mol. The molecule has 3 heterocycles. The first kappa shape index (κ1) is 24.5. The zero-order valence-corrected chi connectivity index (χ0v) is 21.0. The van der Waals surface area contributed by atoms with E-state index in [0.717, 1.165) is 40.6 Å². The molecule has 5 aromatic rings. The van der Waals surface area contributed by atoms with Crippen molar-refractivity contribution in [3.8, 4) is 11.5 Å². The Kier molecular flexibility index (Phi) is 6.18. The fourth-order valence-electron chi connectivity index (χ4n) is 5.12. The van der Waals surface area contributed by atoms with Crippen LogP contribution in [0.3, 0.4) is 0 Å². The Morgan fingerprint density at radius 3 is 2.41 bits per heavy atom. The number of halogens is 3. The summed E-state index contributed by atoms with van der Waals surface area (Å²) in [6.07, 6.45) is 2.52. The number of anilines is 1. The van der Waals surface area contributed by atoms with E-state index in [1.54, 1.807) is 17.0 Å². The largest absolute Gasteiger partial charge is 0.323 e. The average molecular weight is 528 g/mol. The van der Waals surface area contributed by atoms with Gasteiger partial charge in [-0.05, 0) is 60.5 Å². The Morgan fingerprint density at radius 1 is 0.949 bits per heavy atom. The van der Waals surface area contributed by atoms with Gasteiger partial charge in [0.15, 0.2) is 0 Å². The van der Waals surface area contributed by atoms with Crippen molar-refractivity contribution in [2.75, 3.05) is 5.32 Å². The number of nitrogens with zero attached hydrogens (tertiary/aromatic N) is 4. The van der Waals surface area contributed by atoms with Crippen LogP contribution in [0.15, 0.2) is 91.1 Å². The molecule has 0 saturated carbocycles. The first-order chi connectivity index (χ1) is 18.9. The van der Waals surface area contributed by atoms with Gasteiger partial charge in [-0.15, -0.1) is 0 Å². The summed E-state index contributed by atoms with van der Waals surface area (Å²) in [5, 5.41) is 7.51. The lowest BCUT2D eigenvalue weighted by Gasteiger charge is -2.31. The number of amides is 2. The number of benzene rings is 3. The molecule has 0 bridgehead atoms. The maximum absolute atomic E-state index is 14.5. The third-order valence-corrected chi connectivity index (χ3v) is 6.92. The Bertz CT molecular complexity index is 1660. The van der Waals surface area contributed by atoms with Gasteiger partial charge in [0.1, 0.15) is 23.3 Å². The summed E-state index contributed by atoms with van der Waals surface area (Å²) < 4.78 is 45.8. The quantitative estimate of drug-likeness (QED) is 0.280. The molecule has 6 nitrogen and oxygen atoms in total. The number of hydrogen-bond acceptors (Lipinski definition) is 2. The number of hydrogen-bond donors (Lipinski definition) is 1. The third kappa shape index (κ3) is 4.35. The second-order valence-corrected chi connectivity index (χ2v) is 9.29. The fourth-order valence-corrected chi connectivity index (χ4v) is 5.12. The van der Waals surface area contributed by atoms with E-state index in [4.69, 9.17) is 5.10 Å². The van der Waals surface area contributed by atoms with Crippen LogP contribution < -0.4 is 5.32 Å². The van der Waals surface area contributed by atoms with Gasteiger partial charge in [-0.3, -0.25) is 0 Å². The topological polar surface area (TPSA) is 55.1 Å². The van der Waals surface area contributed by atoms with E-state index in [1.165, 1.54) is 18.2 Å². The van der Waals surface area contributed by atoms with Crippen molar-refractivity contribution >= 4 is 11.7 Å². The molecule has 2 amide bonds. The second-order valence-electron chi connectivity index (χ2n) is 9.29. The first-order valence-corrected chi connectivity index (χ1v) is 12.6. The number of fused-ring (bicyclic) bond motifs is 3. The summed E-state index contributed by atoms with van der Waals surface area (Å²) in [7, 11) is 0. The highest BCUT2D eigenvalue weighted by atomic mass is 19.1. The molecule has 0 spiro atoms. The van der Waals surface area contributed by atoms with Crippen LogP contribution in [-0.2, 0) is 13.0 Å². The van der Waals surface area contributed by atoms with Gasteiger partial charge in [0.25, 0.3) is 0 Å². The molecule has 2 aromatic heterocycles. The van der Waals surface area contributed by atoms with E-state index in [2.05, 4.69) is 5.32 Å². The molecule has 1 atom stereocenters. The van der Waals surface area contributed by atoms with Gasteiger partial charge in [-0.1, -0.05) is 37.3 Å². The Balaban J connectivity index is 1.54. The minimum absolute atomic E-state index is 0.143. The van der Waals surface area contributed by atoms with Crippen molar-refractivity contribution in [1.82, 2.24) is 19.2 Å². The van der Waals surface area contributed by atoms with Crippen LogP contribution in [0.2, 0.25) is 0 Å². The van der Waals surface area contributed by atoms with Crippen LogP contribution >= 0.6 is 0 Å². The van der Waals surface area contributed by atoms with Crippen LogP contribution in [0.5, 0.6) is 0 Å². The van der Waals surface area contributed by atoms with Gasteiger partial charge < -0.3 is 14.8 Å². The SMILES string of the molecule is CCc1nn(-c2ccccc2)c2c1CN(C(=O)Nc1ccc(F)cc1F)C(c1ccc(F)cc1)c1cccn1-2. The van der Waals surface area contributed by atoms with E-state index in [0.29, 0.717) is 12.0 Å². The standard InChI is InChI=1S/C30H24F3N5O/c1-2-25-23-18-37(30(39)34-26-15-14-21(32)17-24(26)33)28(19-10-12-20(31)13-11-19)27-9-6-16-36(27)29(23)38(35-25)22-7-4-3-5-8-22/h3-17,28H,2,18H2,1H3,(H,34,39). The van der Waals surface area contributed by atoms with Crippen LogP contribution in [-0.4, -0.2) is 25.3 Å². The summed E-state index contributed by atoms with van der Waals surface area (Å²) in [5.74, 6) is -1.24. The van der Waals surface area contributed by atoms with Crippen molar-refractivity contribution < 1.29 is 18.0 Å². The lowest BCUT2D eigenvalue weighted by molar-refractivity contribution is 0.194. The molecule has 0 aliphatic carbocycles. The Labute approximate surface area is 222 Å². The number of urea groups is 1. The van der Waals surface area contributed by atoms with Gasteiger partial charge in [-0.2, -0.15) is 5.10 Å². The van der Waals surface area contributed by atoms with E-state index in [1.807, 2.05) is 64.8 Å². The van der Waals surface area contributed by atoms with Gasteiger partial charge >= 0.3 is 6.03 Å². The van der Waals surface area contributed by atoms with Crippen molar-refractivity contribution in [1.29, 1.82) is 0 Å². The number of nitrogens with one attached hydrogen (secondary N) is 1. The molecule has 6 rings (SSSR count). The molecule has 0 fully saturated rings. The molecule has 9 heteroatoms. The molecule has 1 aliphatic rings. The van der Waals surface area contributed by atoms with Gasteiger partial charge in [-0.25, -0.2) is 22.6 Å². The molecule has 3 aromatic carbocycles. The summed E-state index contributed by atoms with van der Waals surface area (Å²) in [6, 6.07) is 21.2. The number of para-hydroxylation sites is 1.